The molecule has 0 aliphatic carbocycles. The summed E-state index contributed by atoms with van der Waals surface area (Å²) in [4.78, 5) is 31.4. The molecule has 1 unspecified atom stereocenters. The van der Waals surface area contributed by atoms with Gasteiger partial charge in [-0.3, -0.25) is 9.69 Å². The van der Waals surface area contributed by atoms with Crippen molar-refractivity contribution in [3.8, 4) is 5.75 Å². The summed E-state index contributed by atoms with van der Waals surface area (Å²) in [5, 5.41) is 1.07. The highest BCUT2D eigenvalue weighted by atomic mass is 16.6. The van der Waals surface area contributed by atoms with E-state index in [9.17, 15) is 9.59 Å². The zero-order valence-corrected chi connectivity index (χ0v) is 23.9. The molecule has 1 aliphatic rings. The van der Waals surface area contributed by atoms with Crippen LogP contribution < -0.4 is 9.64 Å². The Kier molecular flexibility index (Phi) is 9.15. The Labute approximate surface area is 231 Å². The molecule has 210 valence electrons. The summed E-state index contributed by atoms with van der Waals surface area (Å²) in [5.74, 6) is 1.31. The van der Waals surface area contributed by atoms with Gasteiger partial charge in [0.05, 0.1) is 19.6 Å². The highest BCUT2D eigenvalue weighted by molar-refractivity contribution is 5.88. The Morgan fingerprint density at radius 3 is 2.67 bits per heavy atom. The molecule has 3 heterocycles. The number of hydrogen-bond donors (Lipinski definition) is 0. The average molecular weight is 536 g/mol. The third kappa shape index (κ3) is 7.31. The smallest absolute Gasteiger partial charge is 0.416 e. The number of aromatic nitrogens is 2. The van der Waals surface area contributed by atoms with Crippen LogP contribution in [0.5, 0.6) is 5.75 Å². The second-order valence-electron chi connectivity index (χ2n) is 11.0. The zero-order valence-electron chi connectivity index (χ0n) is 23.9. The van der Waals surface area contributed by atoms with Gasteiger partial charge >= 0.3 is 12.1 Å². The summed E-state index contributed by atoms with van der Waals surface area (Å²) in [6, 6.07) is 12.3. The third-order valence-corrected chi connectivity index (χ3v) is 6.75. The minimum absolute atomic E-state index is 0.0636. The van der Waals surface area contributed by atoms with Crippen LogP contribution in [0.1, 0.15) is 77.6 Å². The van der Waals surface area contributed by atoms with Crippen molar-refractivity contribution in [2.45, 2.75) is 84.8 Å². The first-order valence-electron chi connectivity index (χ1n) is 14.1. The quantitative estimate of drug-likeness (QED) is 0.271. The topological polar surface area (TPSA) is 82.9 Å². The van der Waals surface area contributed by atoms with E-state index in [0.717, 1.165) is 53.6 Å². The van der Waals surface area contributed by atoms with Gasteiger partial charge in [0.15, 0.2) is 0 Å². The monoisotopic (exact) mass is 535 g/mol. The molecule has 1 aliphatic heterocycles. The van der Waals surface area contributed by atoms with Gasteiger partial charge in [-0.05, 0) is 82.9 Å². The molecule has 8 nitrogen and oxygen atoms in total. The van der Waals surface area contributed by atoms with Gasteiger partial charge in [0.1, 0.15) is 17.2 Å². The predicted octanol–water partition coefficient (Wildman–Crippen LogP) is 6.64. The van der Waals surface area contributed by atoms with Gasteiger partial charge < -0.3 is 18.8 Å². The van der Waals surface area contributed by atoms with Gasteiger partial charge in [-0.25, -0.2) is 9.78 Å². The first-order valence-corrected chi connectivity index (χ1v) is 14.1. The van der Waals surface area contributed by atoms with Crippen molar-refractivity contribution in [3.63, 3.8) is 0 Å². The molecule has 2 aromatic heterocycles. The van der Waals surface area contributed by atoms with E-state index in [-0.39, 0.29) is 18.1 Å². The number of fused-ring (bicyclic) bond motifs is 2. The van der Waals surface area contributed by atoms with Gasteiger partial charge in [0.2, 0.25) is 0 Å². The van der Waals surface area contributed by atoms with Crippen LogP contribution in [0.3, 0.4) is 0 Å². The van der Waals surface area contributed by atoms with Gasteiger partial charge in [-0.15, -0.1) is 0 Å². The van der Waals surface area contributed by atoms with Crippen molar-refractivity contribution >= 4 is 28.8 Å². The van der Waals surface area contributed by atoms with Crippen molar-refractivity contribution in [1.82, 2.24) is 9.55 Å². The molecule has 8 heteroatoms. The maximum atomic E-state index is 12.8. The fraction of sp³-hybridized carbons (Fsp3) is 0.516. The van der Waals surface area contributed by atoms with Crippen LogP contribution in [0.4, 0.5) is 10.6 Å². The second-order valence-corrected chi connectivity index (χ2v) is 11.0. The normalized spacial score (nSPS) is 14.1. The van der Waals surface area contributed by atoms with Crippen LogP contribution >= 0.6 is 0 Å². The van der Waals surface area contributed by atoms with E-state index in [4.69, 9.17) is 19.2 Å². The number of aryl methyl sites for hydroxylation is 1. The van der Waals surface area contributed by atoms with Crippen LogP contribution in [0.2, 0.25) is 0 Å². The van der Waals surface area contributed by atoms with Crippen LogP contribution in [0.15, 0.2) is 42.6 Å². The molecule has 1 amide bonds. The molecular formula is C31H41N3O5. The maximum absolute atomic E-state index is 12.8. The minimum Gasteiger partial charge on any atom is -0.493 e. The summed E-state index contributed by atoms with van der Waals surface area (Å²) >= 11 is 0. The van der Waals surface area contributed by atoms with E-state index >= 15 is 0 Å². The van der Waals surface area contributed by atoms with Crippen molar-refractivity contribution in [3.05, 3.63) is 53.9 Å². The highest BCUT2D eigenvalue weighted by Crippen LogP contribution is 2.30. The number of rotatable bonds is 10. The van der Waals surface area contributed by atoms with Crippen molar-refractivity contribution in [1.29, 1.82) is 0 Å². The number of amides is 1. The Morgan fingerprint density at radius 1 is 1.10 bits per heavy atom. The molecular weight excluding hydrogens is 494 g/mol. The number of carbonyl (C=O) groups is 2. The summed E-state index contributed by atoms with van der Waals surface area (Å²) in [5.41, 5.74) is 2.46. The van der Waals surface area contributed by atoms with Crippen molar-refractivity contribution in [2.75, 3.05) is 24.7 Å². The molecule has 39 heavy (non-hydrogen) atoms. The van der Waals surface area contributed by atoms with Gasteiger partial charge in [0.25, 0.3) is 0 Å². The van der Waals surface area contributed by atoms with Crippen LogP contribution in [-0.2, 0) is 27.1 Å². The first-order chi connectivity index (χ1) is 18.7. The number of hydrogen-bond acceptors (Lipinski definition) is 6. The number of nitrogens with zero attached hydrogens (tertiary/aromatic N) is 3. The highest BCUT2D eigenvalue weighted by Gasteiger charge is 2.28. The van der Waals surface area contributed by atoms with E-state index in [1.807, 2.05) is 58.2 Å². The number of pyridine rings is 1. The molecule has 1 atom stereocenters. The Morgan fingerprint density at radius 2 is 1.92 bits per heavy atom. The Hall–Kier alpha value is -3.55. The average Bonchev–Trinajstić information content (AvgIpc) is 3.30. The summed E-state index contributed by atoms with van der Waals surface area (Å²) in [6.07, 6.45) is 6.35. The Balaban J connectivity index is 1.41. The van der Waals surface area contributed by atoms with E-state index in [1.54, 1.807) is 4.90 Å². The van der Waals surface area contributed by atoms with Gasteiger partial charge in [-0.2, -0.15) is 0 Å². The molecule has 0 N–H and O–H groups in total. The van der Waals surface area contributed by atoms with Crippen LogP contribution in [-0.4, -0.2) is 47.0 Å². The third-order valence-electron chi connectivity index (χ3n) is 6.75. The van der Waals surface area contributed by atoms with Crippen LogP contribution in [0, 0.1) is 0 Å². The molecule has 3 aromatic rings. The van der Waals surface area contributed by atoms with Crippen LogP contribution in [0.25, 0.3) is 10.9 Å². The summed E-state index contributed by atoms with van der Waals surface area (Å²) in [6.45, 7) is 11.0. The van der Waals surface area contributed by atoms with Crippen molar-refractivity contribution < 1.29 is 23.8 Å². The first kappa shape index (κ1) is 28.5. The maximum Gasteiger partial charge on any atom is 0.416 e. The van der Waals surface area contributed by atoms with Gasteiger partial charge in [0, 0.05) is 41.8 Å². The lowest BCUT2D eigenvalue weighted by Crippen LogP contribution is -2.40. The van der Waals surface area contributed by atoms with E-state index in [1.165, 1.54) is 0 Å². The molecule has 1 aromatic carbocycles. The number of ether oxygens (including phenoxy) is 3. The van der Waals surface area contributed by atoms with E-state index in [0.29, 0.717) is 38.4 Å². The lowest BCUT2D eigenvalue weighted by atomic mass is 10.1. The van der Waals surface area contributed by atoms with E-state index in [2.05, 4.69) is 23.6 Å². The number of esters is 1. The summed E-state index contributed by atoms with van der Waals surface area (Å²) < 4.78 is 19.1. The molecule has 0 bridgehead atoms. The molecule has 0 radical (unpaired) electrons. The minimum atomic E-state index is -0.556. The number of anilines is 1. The predicted molar refractivity (Wildman–Crippen MR) is 152 cm³/mol. The molecule has 4 rings (SSSR count). The SMILES string of the molecule is CCCC(CC(=O)OCC)n1ccc2cc(OCCc3ccc4c(n3)N(C(=O)OC(C)(C)C)CCC4)ccc21. The molecule has 0 saturated carbocycles. The summed E-state index contributed by atoms with van der Waals surface area (Å²) in [7, 11) is 0. The zero-order chi connectivity index (χ0) is 28.0. The second kappa shape index (κ2) is 12.5. The fourth-order valence-corrected chi connectivity index (χ4v) is 5.02. The number of benzene rings is 1. The largest absolute Gasteiger partial charge is 0.493 e. The van der Waals surface area contributed by atoms with Crippen molar-refractivity contribution in [2.24, 2.45) is 0 Å². The molecule has 0 fully saturated rings. The lowest BCUT2D eigenvalue weighted by Gasteiger charge is -2.31. The number of carbonyl (C=O) groups excluding carboxylic acids is 2. The molecule has 0 saturated heterocycles. The lowest BCUT2D eigenvalue weighted by molar-refractivity contribution is -0.144. The fourth-order valence-electron chi connectivity index (χ4n) is 5.02. The standard InChI is InChI=1S/C31H41N3O5/c1-6-9-25(21-28(35)37-7-2)33-18-15-23-20-26(13-14-27(23)33)38-19-16-24-12-11-22-10-8-17-34(29(22)32-24)30(36)39-31(3,4)5/h11-15,18,20,25H,6-10,16-17,19,21H2,1-5H3. The van der Waals surface area contributed by atoms with E-state index < -0.39 is 5.60 Å². The Bertz CT molecular complexity index is 1290. The van der Waals surface area contributed by atoms with Gasteiger partial charge in [-0.1, -0.05) is 19.4 Å². The molecule has 0 spiro atoms.